The summed E-state index contributed by atoms with van der Waals surface area (Å²) in [5, 5.41) is 1.09. The number of fused-ring (bicyclic) bond motifs is 1. The van der Waals surface area contributed by atoms with E-state index >= 15 is 0 Å². The Bertz CT molecular complexity index is 581. The molecule has 0 saturated heterocycles. The number of halogens is 1. The van der Waals surface area contributed by atoms with Gasteiger partial charge in [-0.15, -0.1) is 11.3 Å². The van der Waals surface area contributed by atoms with Crippen LogP contribution in [0.3, 0.4) is 0 Å². The summed E-state index contributed by atoms with van der Waals surface area (Å²) in [6.07, 6.45) is 1.36. The maximum Gasteiger partial charge on any atom is 0.124 e. The van der Waals surface area contributed by atoms with Gasteiger partial charge in [0.05, 0.1) is 22.8 Å². The average molecular weight is 324 g/mol. The Hall–Kier alpha value is -0.710. The monoisotopic (exact) mass is 323 g/mol. The summed E-state index contributed by atoms with van der Waals surface area (Å²) in [6.45, 7) is 4.22. The van der Waals surface area contributed by atoms with Crippen molar-refractivity contribution in [2.24, 2.45) is 0 Å². The van der Waals surface area contributed by atoms with E-state index in [1.807, 2.05) is 12.1 Å². The molecule has 0 radical (unpaired) electrons. The van der Waals surface area contributed by atoms with Gasteiger partial charge in [-0.1, -0.05) is 28.1 Å². The second-order valence-electron chi connectivity index (χ2n) is 4.63. The first kappa shape index (κ1) is 12.3. The lowest BCUT2D eigenvalue weighted by atomic mass is 10.1. The molecule has 2 atom stereocenters. The fourth-order valence-electron chi connectivity index (χ4n) is 2.30. The van der Waals surface area contributed by atoms with Gasteiger partial charge in [0.25, 0.3) is 0 Å². The zero-order valence-corrected chi connectivity index (χ0v) is 12.7. The normalized spacial score (nSPS) is 22.8. The highest BCUT2D eigenvalue weighted by Crippen LogP contribution is 2.38. The molecule has 1 aliphatic heterocycles. The van der Waals surface area contributed by atoms with Crippen LogP contribution in [-0.4, -0.2) is 11.1 Å². The first-order chi connectivity index (χ1) is 8.63. The molecule has 2 heterocycles. The Balaban J connectivity index is 2.03. The smallest absolute Gasteiger partial charge is 0.124 e. The van der Waals surface area contributed by atoms with E-state index in [1.54, 1.807) is 11.3 Å². The van der Waals surface area contributed by atoms with Gasteiger partial charge < -0.3 is 4.74 Å². The lowest BCUT2D eigenvalue weighted by molar-refractivity contribution is -0.00316. The number of hydrogen-bond donors (Lipinski definition) is 0. The van der Waals surface area contributed by atoms with Gasteiger partial charge in [0, 0.05) is 16.5 Å². The topological polar surface area (TPSA) is 22.1 Å². The number of benzene rings is 1. The van der Waals surface area contributed by atoms with Crippen LogP contribution in [-0.2, 0) is 11.2 Å². The van der Waals surface area contributed by atoms with Crippen molar-refractivity contribution >= 4 is 27.3 Å². The zero-order valence-electron chi connectivity index (χ0n) is 10.3. The van der Waals surface area contributed by atoms with Crippen LogP contribution in [0.1, 0.15) is 30.5 Å². The standard InChI is InChI=1S/C14H14BrNOS/c1-8-6-12-13(9(2)17-8)18-14(16-12)10-4-3-5-11(15)7-10/h3-5,7-9H,6H2,1-2H3. The molecular formula is C14H14BrNOS. The second kappa shape index (κ2) is 4.76. The second-order valence-corrected chi connectivity index (χ2v) is 6.58. The van der Waals surface area contributed by atoms with E-state index in [4.69, 9.17) is 9.72 Å². The minimum Gasteiger partial charge on any atom is -0.370 e. The van der Waals surface area contributed by atoms with Crippen LogP contribution in [0.15, 0.2) is 28.7 Å². The van der Waals surface area contributed by atoms with Crippen LogP contribution < -0.4 is 0 Å². The zero-order chi connectivity index (χ0) is 12.7. The Morgan fingerprint density at radius 3 is 3.00 bits per heavy atom. The average Bonchev–Trinajstić information content (AvgIpc) is 2.73. The van der Waals surface area contributed by atoms with Gasteiger partial charge in [-0.2, -0.15) is 0 Å². The minimum atomic E-state index is 0.169. The highest BCUT2D eigenvalue weighted by Gasteiger charge is 2.26. The summed E-state index contributed by atoms with van der Waals surface area (Å²) >= 11 is 5.26. The molecule has 0 saturated carbocycles. The maximum absolute atomic E-state index is 5.85. The van der Waals surface area contributed by atoms with Crippen LogP contribution in [0.2, 0.25) is 0 Å². The summed E-state index contributed by atoms with van der Waals surface area (Å²) < 4.78 is 6.94. The fourth-order valence-corrected chi connectivity index (χ4v) is 3.78. The Morgan fingerprint density at radius 2 is 2.22 bits per heavy atom. The number of aromatic nitrogens is 1. The number of ether oxygens (including phenoxy) is 1. The quantitative estimate of drug-likeness (QED) is 0.765. The van der Waals surface area contributed by atoms with Crippen molar-refractivity contribution < 1.29 is 4.74 Å². The molecule has 2 nitrogen and oxygen atoms in total. The van der Waals surface area contributed by atoms with E-state index in [0.717, 1.165) is 15.9 Å². The van der Waals surface area contributed by atoms with E-state index in [-0.39, 0.29) is 12.2 Å². The summed E-state index contributed by atoms with van der Waals surface area (Å²) in [7, 11) is 0. The van der Waals surface area contributed by atoms with Crippen LogP contribution in [0.25, 0.3) is 10.6 Å². The van der Waals surface area contributed by atoms with Gasteiger partial charge in [0.15, 0.2) is 0 Å². The van der Waals surface area contributed by atoms with Gasteiger partial charge in [0.1, 0.15) is 5.01 Å². The molecule has 2 aromatic rings. The third-order valence-corrected chi connectivity index (χ3v) is 4.89. The largest absolute Gasteiger partial charge is 0.370 e. The molecule has 1 aromatic carbocycles. The van der Waals surface area contributed by atoms with Crippen LogP contribution >= 0.6 is 27.3 Å². The Morgan fingerprint density at radius 1 is 1.39 bits per heavy atom. The lowest BCUT2D eigenvalue weighted by Crippen LogP contribution is -2.20. The van der Waals surface area contributed by atoms with Gasteiger partial charge >= 0.3 is 0 Å². The molecule has 0 bridgehead atoms. The van der Waals surface area contributed by atoms with Gasteiger partial charge in [0.2, 0.25) is 0 Å². The van der Waals surface area contributed by atoms with Crippen molar-refractivity contribution in [3.8, 4) is 10.6 Å². The highest BCUT2D eigenvalue weighted by molar-refractivity contribution is 9.10. The number of nitrogens with zero attached hydrogens (tertiary/aromatic N) is 1. The fraction of sp³-hybridized carbons (Fsp3) is 0.357. The molecule has 0 fully saturated rings. The van der Waals surface area contributed by atoms with Crippen LogP contribution in [0.5, 0.6) is 0 Å². The molecule has 94 valence electrons. The molecule has 4 heteroatoms. The summed E-state index contributed by atoms with van der Waals surface area (Å²) in [4.78, 5) is 6.06. The van der Waals surface area contributed by atoms with Crippen molar-refractivity contribution in [2.45, 2.75) is 32.5 Å². The van der Waals surface area contributed by atoms with Crippen LogP contribution in [0, 0.1) is 0 Å². The van der Waals surface area contributed by atoms with Crippen molar-refractivity contribution in [3.63, 3.8) is 0 Å². The van der Waals surface area contributed by atoms with E-state index in [0.29, 0.717) is 0 Å². The molecule has 0 spiro atoms. The molecule has 1 aromatic heterocycles. The summed E-state index contributed by atoms with van der Waals surface area (Å²) in [6, 6.07) is 8.29. The van der Waals surface area contributed by atoms with Crippen molar-refractivity contribution in [1.82, 2.24) is 4.98 Å². The molecule has 3 rings (SSSR count). The van der Waals surface area contributed by atoms with Gasteiger partial charge in [-0.05, 0) is 26.0 Å². The van der Waals surface area contributed by atoms with E-state index in [9.17, 15) is 0 Å². The van der Waals surface area contributed by atoms with E-state index in [1.165, 1.54) is 16.1 Å². The van der Waals surface area contributed by atoms with Crippen molar-refractivity contribution in [3.05, 3.63) is 39.3 Å². The molecule has 1 aliphatic rings. The number of rotatable bonds is 1. The first-order valence-corrected chi connectivity index (χ1v) is 7.65. The SMILES string of the molecule is CC1Cc2nc(-c3cccc(Br)c3)sc2C(C)O1. The van der Waals surface area contributed by atoms with Crippen molar-refractivity contribution in [2.75, 3.05) is 0 Å². The summed E-state index contributed by atoms with van der Waals surface area (Å²) in [5.41, 5.74) is 2.38. The third kappa shape index (κ3) is 2.25. The molecule has 0 N–H and O–H groups in total. The third-order valence-electron chi connectivity index (χ3n) is 3.09. The number of thiazole rings is 1. The summed E-state index contributed by atoms with van der Waals surface area (Å²) in [5.74, 6) is 0. The molecule has 2 unspecified atom stereocenters. The predicted octanol–water partition coefficient (Wildman–Crippen LogP) is 4.59. The highest BCUT2D eigenvalue weighted by atomic mass is 79.9. The predicted molar refractivity (Wildman–Crippen MR) is 77.9 cm³/mol. The molecule has 0 amide bonds. The molecular weight excluding hydrogens is 310 g/mol. The van der Waals surface area contributed by atoms with Gasteiger partial charge in [-0.25, -0.2) is 4.98 Å². The first-order valence-electron chi connectivity index (χ1n) is 6.04. The molecule has 18 heavy (non-hydrogen) atoms. The van der Waals surface area contributed by atoms with Crippen molar-refractivity contribution in [1.29, 1.82) is 0 Å². The number of hydrogen-bond acceptors (Lipinski definition) is 3. The Labute approximate surface area is 119 Å². The lowest BCUT2D eigenvalue weighted by Gasteiger charge is -2.23. The van der Waals surface area contributed by atoms with E-state index < -0.39 is 0 Å². The van der Waals surface area contributed by atoms with E-state index in [2.05, 4.69) is 41.9 Å². The molecule has 0 aliphatic carbocycles. The van der Waals surface area contributed by atoms with Gasteiger partial charge in [-0.3, -0.25) is 0 Å². The minimum absolute atomic E-state index is 0.169. The maximum atomic E-state index is 5.85. The van der Waals surface area contributed by atoms with Crippen LogP contribution in [0.4, 0.5) is 0 Å². The Kier molecular flexibility index (Phi) is 3.26.